The third kappa shape index (κ3) is 2.98. The first-order valence-electron chi connectivity index (χ1n) is 5.66. The van der Waals surface area contributed by atoms with Gasteiger partial charge in [-0.1, -0.05) is 34.1 Å². The van der Waals surface area contributed by atoms with Crippen LogP contribution in [0.3, 0.4) is 0 Å². The summed E-state index contributed by atoms with van der Waals surface area (Å²) in [6.45, 7) is 9.30. The predicted molar refractivity (Wildman–Crippen MR) is 58.6 cm³/mol. The molecule has 2 N–H and O–H groups in total. The van der Waals surface area contributed by atoms with Crippen molar-refractivity contribution < 1.29 is 0 Å². The first kappa shape index (κ1) is 11.0. The van der Waals surface area contributed by atoms with Gasteiger partial charge in [0.15, 0.2) is 0 Å². The highest BCUT2D eigenvalue weighted by Crippen LogP contribution is 2.44. The van der Waals surface area contributed by atoms with E-state index in [0.717, 1.165) is 5.92 Å². The van der Waals surface area contributed by atoms with Crippen LogP contribution in [0.5, 0.6) is 0 Å². The van der Waals surface area contributed by atoms with Crippen molar-refractivity contribution in [1.82, 2.24) is 0 Å². The van der Waals surface area contributed by atoms with Gasteiger partial charge < -0.3 is 5.73 Å². The number of hydrogen-bond donors (Lipinski definition) is 1. The standard InChI is InChI=1S/C12H25N/c1-5-6-12(13)8-10(2)7-11(3,4)9-12/h10H,5-9,13H2,1-4H3. The van der Waals surface area contributed by atoms with Gasteiger partial charge in [-0.2, -0.15) is 0 Å². The minimum Gasteiger partial charge on any atom is -0.325 e. The number of rotatable bonds is 2. The minimum atomic E-state index is 0.135. The fraction of sp³-hybridized carbons (Fsp3) is 1.00. The Balaban J connectivity index is 2.66. The van der Waals surface area contributed by atoms with Crippen LogP contribution in [0, 0.1) is 11.3 Å². The van der Waals surface area contributed by atoms with E-state index in [4.69, 9.17) is 5.73 Å². The van der Waals surface area contributed by atoms with Crippen LogP contribution in [-0.4, -0.2) is 5.54 Å². The first-order valence-corrected chi connectivity index (χ1v) is 5.66. The average Bonchev–Trinajstić information content (AvgIpc) is 1.78. The normalized spacial score (nSPS) is 39.0. The van der Waals surface area contributed by atoms with E-state index in [9.17, 15) is 0 Å². The molecule has 13 heavy (non-hydrogen) atoms. The van der Waals surface area contributed by atoms with E-state index in [1.807, 2.05) is 0 Å². The summed E-state index contributed by atoms with van der Waals surface area (Å²) in [5, 5.41) is 0. The summed E-state index contributed by atoms with van der Waals surface area (Å²) in [6.07, 6.45) is 6.19. The van der Waals surface area contributed by atoms with Crippen LogP contribution in [0.25, 0.3) is 0 Å². The summed E-state index contributed by atoms with van der Waals surface area (Å²) in [5.41, 5.74) is 7.03. The van der Waals surface area contributed by atoms with Crippen LogP contribution in [0.4, 0.5) is 0 Å². The Morgan fingerprint density at radius 3 is 2.38 bits per heavy atom. The Hall–Kier alpha value is -0.0400. The highest BCUT2D eigenvalue weighted by atomic mass is 14.8. The largest absolute Gasteiger partial charge is 0.325 e. The van der Waals surface area contributed by atoms with E-state index in [0.29, 0.717) is 5.41 Å². The van der Waals surface area contributed by atoms with E-state index in [1.165, 1.54) is 32.1 Å². The Labute approximate surface area is 83.1 Å². The Bertz CT molecular complexity index is 174. The monoisotopic (exact) mass is 183 g/mol. The van der Waals surface area contributed by atoms with Crippen molar-refractivity contribution in [2.45, 2.75) is 65.3 Å². The molecule has 0 amide bonds. The molecule has 0 aromatic heterocycles. The summed E-state index contributed by atoms with van der Waals surface area (Å²) in [5.74, 6) is 0.806. The topological polar surface area (TPSA) is 26.0 Å². The van der Waals surface area contributed by atoms with Crippen molar-refractivity contribution in [2.75, 3.05) is 0 Å². The molecule has 1 heteroatoms. The van der Waals surface area contributed by atoms with Gasteiger partial charge in [-0.15, -0.1) is 0 Å². The molecule has 1 aliphatic rings. The van der Waals surface area contributed by atoms with Crippen LogP contribution in [0.15, 0.2) is 0 Å². The van der Waals surface area contributed by atoms with Crippen molar-refractivity contribution in [3.05, 3.63) is 0 Å². The van der Waals surface area contributed by atoms with Gasteiger partial charge in [0.25, 0.3) is 0 Å². The lowest BCUT2D eigenvalue weighted by molar-refractivity contribution is 0.102. The van der Waals surface area contributed by atoms with Gasteiger partial charge in [0.05, 0.1) is 0 Å². The zero-order chi connectivity index (χ0) is 10.1. The van der Waals surface area contributed by atoms with Crippen LogP contribution in [0.1, 0.15) is 59.8 Å². The van der Waals surface area contributed by atoms with E-state index < -0.39 is 0 Å². The SMILES string of the molecule is CCCC1(N)CC(C)CC(C)(C)C1. The molecule has 0 aliphatic heterocycles. The Morgan fingerprint density at radius 1 is 1.31 bits per heavy atom. The van der Waals surface area contributed by atoms with Crippen LogP contribution < -0.4 is 5.73 Å². The molecular formula is C12H25N. The molecule has 2 unspecified atom stereocenters. The van der Waals surface area contributed by atoms with Gasteiger partial charge in [0.1, 0.15) is 0 Å². The molecule has 1 fully saturated rings. The van der Waals surface area contributed by atoms with Gasteiger partial charge in [-0.3, -0.25) is 0 Å². The number of hydrogen-bond acceptors (Lipinski definition) is 1. The van der Waals surface area contributed by atoms with E-state index in [-0.39, 0.29) is 5.54 Å². The highest BCUT2D eigenvalue weighted by molar-refractivity contribution is 4.96. The molecule has 0 bridgehead atoms. The molecule has 1 nitrogen and oxygen atoms in total. The maximum atomic E-state index is 6.44. The highest BCUT2D eigenvalue weighted by Gasteiger charge is 2.39. The van der Waals surface area contributed by atoms with Crippen molar-refractivity contribution in [1.29, 1.82) is 0 Å². The predicted octanol–water partition coefficient (Wildman–Crippen LogP) is 3.33. The molecule has 0 aromatic carbocycles. The van der Waals surface area contributed by atoms with Gasteiger partial charge >= 0.3 is 0 Å². The fourth-order valence-corrected chi connectivity index (χ4v) is 3.50. The molecule has 0 spiro atoms. The fourth-order valence-electron chi connectivity index (χ4n) is 3.50. The van der Waals surface area contributed by atoms with Crippen LogP contribution in [-0.2, 0) is 0 Å². The van der Waals surface area contributed by atoms with Crippen molar-refractivity contribution >= 4 is 0 Å². The third-order valence-electron chi connectivity index (χ3n) is 3.23. The molecule has 78 valence electrons. The lowest BCUT2D eigenvalue weighted by atomic mass is 9.63. The average molecular weight is 183 g/mol. The molecule has 0 aromatic rings. The third-order valence-corrected chi connectivity index (χ3v) is 3.23. The summed E-state index contributed by atoms with van der Waals surface area (Å²) in [7, 11) is 0. The summed E-state index contributed by atoms with van der Waals surface area (Å²) in [4.78, 5) is 0. The van der Waals surface area contributed by atoms with E-state index >= 15 is 0 Å². The second-order valence-corrected chi connectivity index (χ2v) is 5.97. The van der Waals surface area contributed by atoms with E-state index in [1.54, 1.807) is 0 Å². The van der Waals surface area contributed by atoms with Crippen molar-refractivity contribution in [3.8, 4) is 0 Å². The van der Waals surface area contributed by atoms with Crippen molar-refractivity contribution in [3.63, 3.8) is 0 Å². The van der Waals surface area contributed by atoms with Gasteiger partial charge in [0.2, 0.25) is 0 Å². The molecule has 1 saturated carbocycles. The lowest BCUT2D eigenvalue weighted by Crippen LogP contribution is -2.49. The molecule has 0 heterocycles. The summed E-state index contributed by atoms with van der Waals surface area (Å²) < 4.78 is 0. The van der Waals surface area contributed by atoms with Gasteiger partial charge in [0, 0.05) is 5.54 Å². The van der Waals surface area contributed by atoms with E-state index in [2.05, 4.69) is 27.7 Å². The molecular weight excluding hydrogens is 158 g/mol. The second kappa shape index (κ2) is 3.61. The zero-order valence-corrected chi connectivity index (χ0v) is 9.69. The quantitative estimate of drug-likeness (QED) is 0.698. The van der Waals surface area contributed by atoms with Gasteiger partial charge in [-0.25, -0.2) is 0 Å². The maximum Gasteiger partial charge on any atom is 0.0161 e. The maximum absolute atomic E-state index is 6.44. The molecule has 0 saturated heterocycles. The van der Waals surface area contributed by atoms with Crippen LogP contribution >= 0.6 is 0 Å². The smallest absolute Gasteiger partial charge is 0.0161 e. The van der Waals surface area contributed by atoms with Gasteiger partial charge in [-0.05, 0) is 37.0 Å². The Kier molecular flexibility index (Phi) is 3.06. The first-order chi connectivity index (χ1) is 5.87. The lowest BCUT2D eigenvalue weighted by Gasteiger charge is -2.45. The summed E-state index contributed by atoms with van der Waals surface area (Å²) in [6, 6.07) is 0. The molecule has 2 atom stereocenters. The molecule has 1 aliphatic carbocycles. The Morgan fingerprint density at radius 2 is 1.92 bits per heavy atom. The summed E-state index contributed by atoms with van der Waals surface area (Å²) >= 11 is 0. The zero-order valence-electron chi connectivity index (χ0n) is 9.69. The second-order valence-electron chi connectivity index (χ2n) is 5.97. The molecule has 0 radical (unpaired) electrons. The molecule has 1 rings (SSSR count). The minimum absolute atomic E-state index is 0.135. The number of nitrogens with two attached hydrogens (primary N) is 1. The van der Waals surface area contributed by atoms with Crippen molar-refractivity contribution in [2.24, 2.45) is 17.1 Å². The van der Waals surface area contributed by atoms with Crippen LogP contribution in [0.2, 0.25) is 0 Å².